The molecule has 0 radical (unpaired) electrons. The van der Waals surface area contributed by atoms with E-state index in [0.717, 1.165) is 29.5 Å². The van der Waals surface area contributed by atoms with Crippen LogP contribution in [-0.2, 0) is 14.0 Å². The first-order valence-electron chi connectivity index (χ1n) is 13.0. The highest BCUT2D eigenvalue weighted by molar-refractivity contribution is 8.23. The number of unbranched alkanes of at least 4 members (excludes halogenated alkanes) is 8. The van der Waals surface area contributed by atoms with Crippen molar-refractivity contribution in [2.24, 2.45) is 11.1 Å². The highest BCUT2D eigenvalue weighted by Crippen LogP contribution is 2.34. The average molecular weight is 529 g/mol. The molecular formula is C26H48N2O3S2Si. The number of nitriles is 1. The van der Waals surface area contributed by atoms with Crippen molar-refractivity contribution < 1.29 is 14.0 Å². The van der Waals surface area contributed by atoms with E-state index in [9.17, 15) is 14.9 Å². The highest BCUT2D eigenvalue weighted by Gasteiger charge is 2.32. The lowest BCUT2D eigenvalue weighted by atomic mass is 9.81. The van der Waals surface area contributed by atoms with Crippen molar-refractivity contribution in [2.75, 3.05) is 7.11 Å². The van der Waals surface area contributed by atoms with Crippen LogP contribution in [0.25, 0.3) is 0 Å². The van der Waals surface area contributed by atoms with Crippen LogP contribution in [0.3, 0.4) is 0 Å². The smallest absolute Gasteiger partial charge is 0.230 e. The van der Waals surface area contributed by atoms with Gasteiger partial charge < -0.3 is 10.2 Å². The van der Waals surface area contributed by atoms with E-state index >= 15 is 0 Å². The van der Waals surface area contributed by atoms with Gasteiger partial charge in [0.2, 0.25) is 5.91 Å². The molecule has 0 aromatic rings. The first-order valence-corrected chi connectivity index (χ1v) is 17.4. The van der Waals surface area contributed by atoms with Gasteiger partial charge in [-0.3, -0.25) is 9.59 Å². The second-order valence-corrected chi connectivity index (χ2v) is 16.8. The number of carbonyl (C=O) groups is 2. The Hall–Kier alpha value is -0.753. The van der Waals surface area contributed by atoms with Crippen molar-refractivity contribution in [2.45, 2.75) is 128 Å². The summed E-state index contributed by atoms with van der Waals surface area (Å²) < 4.78 is 6.29. The van der Waals surface area contributed by atoms with Crippen LogP contribution in [0.4, 0.5) is 0 Å². The molecule has 0 aliphatic carbocycles. The Labute approximate surface area is 219 Å². The summed E-state index contributed by atoms with van der Waals surface area (Å²) in [5.74, 6) is -0.302. The quantitative estimate of drug-likeness (QED) is 0.0952. The number of hydrogen-bond acceptors (Lipinski definition) is 6. The minimum Gasteiger partial charge on any atom is -0.420 e. The van der Waals surface area contributed by atoms with Gasteiger partial charge in [0, 0.05) is 24.1 Å². The van der Waals surface area contributed by atoms with E-state index in [4.69, 9.17) is 22.4 Å². The van der Waals surface area contributed by atoms with Crippen molar-refractivity contribution >= 4 is 48.2 Å². The third kappa shape index (κ3) is 16.8. The summed E-state index contributed by atoms with van der Waals surface area (Å²) in [4.78, 5) is 24.5. The van der Waals surface area contributed by atoms with Crippen LogP contribution in [0.15, 0.2) is 0 Å². The highest BCUT2D eigenvalue weighted by atomic mass is 32.2. The number of carbonyl (C=O) groups excluding carboxylic acids is 2. The maximum Gasteiger partial charge on any atom is 0.230 e. The molecule has 0 aromatic carbocycles. The molecule has 8 heteroatoms. The molecule has 1 amide bonds. The van der Waals surface area contributed by atoms with Gasteiger partial charge in [0.05, 0.1) is 16.7 Å². The molecule has 0 heterocycles. The predicted octanol–water partition coefficient (Wildman–Crippen LogP) is 7.33. The number of primary amides is 1. The monoisotopic (exact) mass is 528 g/mol. The zero-order valence-corrected chi connectivity index (χ0v) is 24.9. The van der Waals surface area contributed by atoms with Crippen LogP contribution < -0.4 is 5.73 Å². The van der Waals surface area contributed by atoms with Crippen molar-refractivity contribution in [3.63, 3.8) is 0 Å². The van der Waals surface area contributed by atoms with Gasteiger partial charge in [0.1, 0.15) is 5.78 Å². The Bertz CT molecular complexity index is 667. The van der Waals surface area contributed by atoms with Crippen molar-refractivity contribution in [1.29, 1.82) is 5.26 Å². The van der Waals surface area contributed by atoms with Crippen molar-refractivity contribution in [3.8, 4) is 6.07 Å². The molecule has 0 rings (SSSR count). The van der Waals surface area contributed by atoms with Crippen LogP contribution in [0.2, 0.25) is 19.1 Å². The number of hydrogen-bond donors (Lipinski definition) is 1. The third-order valence-electron chi connectivity index (χ3n) is 6.50. The van der Waals surface area contributed by atoms with E-state index in [1.807, 2.05) is 6.92 Å². The van der Waals surface area contributed by atoms with Crippen molar-refractivity contribution in [1.82, 2.24) is 0 Å². The number of thioether (sulfide) groups is 1. The number of nitrogens with zero attached hydrogens (tertiary/aromatic N) is 1. The summed E-state index contributed by atoms with van der Waals surface area (Å²) in [6.45, 7) is 8.23. The molecule has 2 N–H and O–H groups in total. The van der Waals surface area contributed by atoms with Crippen molar-refractivity contribution in [3.05, 3.63) is 0 Å². The van der Waals surface area contributed by atoms with Gasteiger partial charge in [-0.15, -0.1) is 11.8 Å². The second-order valence-electron chi connectivity index (χ2n) is 10.3. The average Bonchev–Trinajstić information content (AvgIpc) is 2.80. The molecule has 2 unspecified atom stereocenters. The summed E-state index contributed by atoms with van der Waals surface area (Å²) in [6, 6.07) is 3.10. The Morgan fingerprint density at radius 1 is 1.06 bits per heavy atom. The number of nitrogens with two attached hydrogens (primary N) is 1. The molecule has 0 aromatic heterocycles. The van der Waals surface area contributed by atoms with Crippen LogP contribution in [0.5, 0.6) is 0 Å². The van der Waals surface area contributed by atoms with E-state index in [2.05, 4.69) is 26.1 Å². The first kappa shape index (κ1) is 33.2. The number of rotatable bonds is 21. The largest absolute Gasteiger partial charge is 0.420 e. The molecule has 0 saturated carbocycles. The Kier molecular flexibility index (Phi) is 18.1. The van der Waals surface area contributed by atoms with E-state index in [0.29, 0.717) is 25.7 Å². The summed E-state index contributed by atoms with van der Waals surface area (Å²) in [5, 5.41) is 9.25. The summed E-state index contributed by atoms with van der Waals surface area (Å²) in [7, 11) is -0.0741. The standard InChI is InChI=1S/C26H48N2O3S2Si/c1-6-7-8-9-10-11-12-13-14-15-24(32)33-23(25(28)30)20-26(2,21-27)18-16-22(29)17-19-34(4,5)31-3/h23H,6-20H2,1-5H3,(H2,28,30). The van der Waals surface area contributed by atoms with E-state index in [1.54, 1.807) is 7.11 Å². The molecule has 2 atom stereocenters. The Morgan fingerprint density at radius 3 is 2.12 bits per heavy atom. The maximum absolute atomic E-state index is 12.4. The molecule has 0 aliphatic rings. The number of thiocarbonyl (C=S) groups is 1. The normalized spacial score (nSPS) is 14.2. The lowest BCUT2D eigenvalue weighted by Gasteiger charge is -2.25. The molecule has 0 saturated heterocycles. The van der Waals surface area contributed by atoms with E-state index in [1.165, 1.54) is 56.7 Å². The van der Waals surface area contributed by atoms with Gasteiger partial charge in [0.15, 0.2) is 8.32 Å². The minimum atomic E-state index is -1.77. The van der Waals surface area contributed by atoms with Gasteiger partial charge in [0.25, 0.3) is 0 Å². The predicted molar refractivity (Wildman–Crippen MR) is 152 cm³/mol. The minimum absolute atomic E-state index is 0.142. The molecule has 34 heavy (non-hydrogen) atoms. The molecule has 0 fully saturated rings. The zero-order chi connectivity index (χ0) is 26.0. The fourth-order valence-electron chi connectivity index (χ4n) is 3.69. The van der Waals surface area contributed by atoms with Crippen LogP contribution >= 0.6 is 24.0 Å². The summed E-state index contributed by atoms with van der Waals surface area (Å²) in [6.07, 6.45) is 13.6. The van der Waals surface area contributed by atoms with Gasteiger partial charge >= 0.3 is 0 Å². The second kappa shape index (κ2) is 18.5. The maximum atomic E-state index is 12.4. The molecule has 5 nitrogen and oxygen atoms in total. The van der Waals surface area contributed by atoms with Gasteiger partial charge in [-0.2, -0.15) is 5.26 Å². The molecule has 0 spiro atoms. The molecule has 196 valence electrons. The fourth-order valence-corrected chi connectivity index (χ4v) is 6.42. The van der Waals surface area contributed by atoms with Gasteiger partial charge in [-0.1, -0.05) is 70.5 Å². The lowest BCUT2D eigenvalue weighted by Crippen LogP contribution is -2.33. The SMILES string of the molecule is CCCCCCCCCCCC(=S)SC(CC(C)(C#N)CCC(=O)CC[Si](C)(C)OC)C(N)=O. The molecule has 0 bridgehead atoms. The molecule has 0 aliphatic heterocycles. The Balaban J connectivity index is 4.44. The number of Topliss-reactive ketones (excluding diaryl/α,β-unsaturated/α-hetero) is 1. The van der Waals surface area contributed by atoms with Gasteiger partial charge in [-0.25, -0.2) is 0 Å². The number of ketones is 1. The summed E-state index contributed by atoms with van der Waals surface area (Å²) in [5.41, 5.74) is 4.87. The first-order chi connectivity index (χ1) is 16.0. The van der Waals surface area contributed by atoms with Crippen LogP contribution in [-0.4, -0.2) is 36.6 Å². The zero-order valence-electron chi connectivity index (χ0n) is 22.2. The topological polar surface area (TPSA) is 93.2 Å². The summed E-state index contributed by atoms with van der Waals surface area (Å²) >= 11 is 6.85. The van der Waals surface area contributed by atoms with Crippen LogP contribution in [0, 0.1) is 16.7 Å². The number of amides is 1. The lowest BCUT2D eigenvalue weighted by molar-refractivity contribution is -0.119. The van der Waals surface area contributed by atoms with E-state index in [-0.39, 0.29) is 5.78 Å². The third-order valence-corrected chi connectivity index (χ3v) is 10.7. The molecular weight excluding hydrogens is 481 g/mol. The fraction of sp³-hybridized carbons (Fsp3) is 0.846. The van der Waals surface area contributed by atoms with Gasteiger partial charge in [-0.05, 0) is 51.7 Å². The van der Waals surface area contributed by atoms with E-state index < -0.39 is 24.9 Å². The van der Waals surface area contributed by atoms with Crippen LogP contribution in [0.1, 0.15) is 104 Å². The Morgan fingerprint density at radius 2 is 1.62 bits per heavy atom.